The lowest BCUT2D eigenvalue weighted by molar-refractivity contribution is -0.113. The third-order valence-corrected chi connectivity index (χ3v) is 3.30. The van der Waals surface area contributed by atoms with Crippen LogP contribution in [0.5, 0.6) is 0 Å². The van der Waals surface area contributed by atoms with E-state index < -0.39 is 16.6 Å². The molecule has 0 aliphatic rings. The van der Waals surface area contributed by atoms with Crippen LogP contribution in [0.3, 0.4) is 0 Å². The summed E-state index contributed by atoms with van der Waals surface area (Å²) in [5, 5.41) is 2.49. The van der Waals surface area contributed by atoms with Gasteiger partial charge < -0.3 is 11.1 Å². The number of rotatable bonds is 6. The summed E-state index contributed by atoms with van der Waals surface area (Å²) >= 11 is 0. The molecule has 1 atom stereocenters. The van der Waals surface area contributed by atoms with Crippen LogP contribution in [0.1, 0.15) is 6.42 Å². The van der Waals surface area contributed by atoms with Crippen molar-refractivity contribution in [1.82, 2.24) is 0 Å². The molecule has 1 aromatic carbocycles. The molecule has 0 saturated heterocycles. The van der Waals surface area contributed by atoms with Gasteiger partial charge in [-0.2, -0.15) is 0 Å². The first kappa shape index (κ1) is 13.8. The van der Waals surface area contributed by atoms with E-state index in [4.69, 9.17) is 5.73 Å². The Morgan fingerprint density at radius 3 is 2.88 bits per heavy atom. The number of carbonyl (C=O) groups is 1. The number of nitrogens with one attached hydrogen (secondary N) is 1. The molecule has 0 bridgehead atoms. The number of benzene rings is 1. The van der Waals surface area contributed by atoms with Crippen molar-refractivity contribution >= 4 is 22.4 Å². The van der Waals surface area contributed by atoms with Gasteiger partial charge in [0.2, 0.25) is 5.91 Å². The number of hydrogen-bond acceptors (Lipinski definition) is 3. The van der Waals surface area contributed by atoms with Gasteiger partial charge in [0.1, 0.15) is 11.6 Å². The number of halogens is 1. The molecule has 1 rings (SSSR count). The molecular weight excluding hydrogens is 243 g/mol. The average molecular weight is 258 g/mol. The first-order valence-electron chi connectivity index (χ1n) is 5.22. The monoisotopic (exact) mass is 258 g/mol. The topological polar surface area (TPSA) is 72.2 Å². The second-order valence-corrected chi connectivity index (χ2v) is 5.07. The number of hydrogen-bond donors (Lipinski definition) is 2. The molecule has 1 amide bonds. The van der Waals surface area contributed by atoms with E-state index in [0.717, 1.165) is 0 Å². The highest BCUT2D eigenvalue weighted by molar-refractivity contribution is 7.85. The van der Waals surface area contributed by atoms with Crippen LogP contribution in [0.25, 0.3) is 0 Å². The lowest BCUT2D eigenvalue weighted by Crippen LogP contribution is -2.21. The van der Waals surface area contributed by atoms with Crippen molar-refractivity contribution < 1.29 is 13.4 Å². The maximum absolute atomic E-state index is 12.8. The second-order valence-electron chi connectivity index (χ2n) is 3.49. The Kier molecular flexibility index (Phi) is 5.79. The third kappa shape index (κ3) is 5.55. The molecule has 0 saturated carbocycles. The number of nitrogens with two attached hydrogens (primary N) is 1. The Morgan fingerprint density at radius 1 is 1.47 bits per heavy atom. The van der Waals surface area contributed by atoms with Crippen molar-refractivity contribution in [3.63, 3.8) is 0 Å². The SMILES string of the molecule is NCCCS(=O)CC(=O)Nc1cccc(F)c1. The van der Waals surface area contributed by atoms with Crippen molar-refractivity contribution in [3.05, 3.63) is 30.1 Å². The van der Waals surface area contributed by atoms with Crippen molar-refractivity contribution in [2.24, 2.45) is 5.73 Å². The van der Waals surface area contributed by atoms with Gasteiger partial charge >= 0.3 is 0 Å². The van der Waals surface area contributed by atoms with E-state index >= 15 is 0 Å². The Morgan fingerprint density at radius 2 is 2.24 bits per heavy atom. The fourth-order valence-electron chi connectivity index (χ4n) is 1.23. The Balaban J connectivity index is 2.42. The second kappa shape index (κ2) is 7.13. The van der Waals surface area contributed by atoms with Gasteiger partial charge in [-0.3, -0.25) is 9.00 Å². The Labute approximate surface area is 102 Å². The summed E-state index contributed by atoms with van der Waals surface area (Å²) in [6, 6.07) is 5.57. The number of carbonyl (C=O) groups excluding carboxylic acids is 1. The van der Waals surface area contributed by atoms with E-state index in [1.165, 1.54) is 18.2 Å². The smallest absolute Gasteiger partial charge is 0.236 e. The molecule has 94 valence electrons. The predicted octanol–water partition coefficient (Wildman–Crippen LogP) is 0.862. The van der Waals surface area contributed by atoms with E-state index in [2.05, 4.69) is 5.32 Å². The molecule has 0 radical (unpaired) electrons. The average Bonchev–Trinajstić information content (AvgIpc) is 2.26. The minimum atomic E-state index is -1.21. The van der Waals surface area contributed by atoms with Gasteiger partial charge in [-0.05, 0) is 31.2 Å². The number of amides is 1. The Hall–Kier alpha value is -1.27. The molecule has 3 N–H and O–H groups in total. The molecule has 0 fully saturated rings. The molecule has 1 unspecified atom stereocenters. The van der Waals surface area contributed by atoms with Gasteiger partial charge in [-0.1, -0.05) is 6.07 Å². The molecule has 0 aromatic heterocycles. The van der Waals surface area contributed by atoms with Gasteiger partial charge in [0.15, 0.2) is 0 Å². The van der Waals surface area contributed by atoms with Crippen molar-refractivity contribution in [1.29, 1.82) is 0 Å². The van der Waals surface area contributed by atoms with E-state index in [1.54, 1.807) is 6.07 Å². The molecule has 17 heavy (non-hydrogen) atoms. The molecule has 6 heteroatoms. The van der Waals surface area contributed by atoms with Gasteiger partial charge in [0, 0.05) is 22.2 Å². The standard InChI is InChI=1S/C11H15FN2O2S/c12-9-3-1-4-10(7-9)14-11(15)8-17(16)6-2-5-13/h1,3-4,7H,2,5-6,8,13H2,(H,14,15). The highest BCUT2D eigenvalue weighted by atomic mass is 32.2. The largest absolute Gasteiger partial charge is 0.330 e. The molecule has 4 nitrogen and oxygen atoms in total. The summed E-state index contributed by atoms with van der Waals surface area (Å²) in [7, 11) is -1.21. The molecule has 0 aliphatic carbocycles. The van der Waals surface area contributed by atoms with Crippen LogP contribution in [0.2, 0.25) is 0 Å². The zero-order valence-electron chi connectivity index (χ0n) is 9.32. The summed E-state index contributed by atoms with van der Waals surface area (Å²) < 4.78 is 24.2. The van der Waals surface area contributed by atoms with Crippen LogP contribution in [0.4, 0.5) is 10.1 Å². The highest BCUT2D eigenvalue weighted by Gasteiger charge is 2.08. The Bertz CT molecular complexity index is 412. The minimum absolute atomic E-state index is 0.0868. The van der Waals surface area contributed by atoms with Crippen molar-refractivity contribution in [2.75, 3.05) is 23.4 Å². The minimum Gasteiger partial charge on any atom is -0.330 e. The zero-order chi connectivity index (χ0) is 12.7. The van der Waals surface area contributed by atoms with Crippen LogP contribution < -0.4 is 11.1 Å². The summed E-state index contributed by atoms with van der Waals surface area (Å²) in [6.45, 7) is 0.456. The van der Waals surface area contributed by atoms with Crippen LogP contribution in [0, 0.1) is 5.82 Å². The van der Waals surface area contributed by atoms with E-state index in [-0.39, 0.29) is 11.7 Å². The van der Waals surface area contributed by atoms with Crippen LogP contribution >= 0.6 is 0 Å². The van der Waals surface area contributed by atoms with Crippen molar-refractivity contribution in [2.45, 2.75) is 6.42 Å². The van der Waals surface area contributed by atoms with E-state index in [9.17, 15) is 13.4 Å². The van der Waals surface area contributed by atoms with Gasteiger partial charge in [0.25, 0.3) is 0 Å². The van der Waals surface area contributed by atoms with Gasteiger partial charge in [-0.15, -0.1) is 0 Å². The van der Waals surface area contributed by atoms with Crippen LogP contribution in [-0.4, -0.2) is 28.2 Å². The summed E-state index contributed by atoms with van der Waals surface area (Å²) in [5.74, 6) is -0.484. The van der Waals surface area contributed by atoms with Crippen LogP contribution in [0.15, 0.2) is 24.3 Å². The fraction of sp³-hybridized carbons (Fsp3) is 0.364. The molecule has 0 heterocycles. The first-order valence-corrected chi connectivity index (χ1v) is 6.71. The highest BCUT2D eigenvalue weighted by Crippen LogP contribution is 2.08. The molecule has 0 aliphatic heterocycles. The zero-order valence-corrected chi connectivity index (χ0v) is 10.1. The fourth-order valence-corrected chi connectivity index (χ4v) is 2.22. The van der Waals surface area contributed by atoms with Gasteiger partial charge in [0.05, 0.1) is 0 Å². The first-order chi connectivity index (χ1) is 8.11. The lowest BCUT2D eigenvalue weighted by Gasteiger charge is -2.05. The van der Waals surface area contributed by atoms with Crippen LogP contribution in [-0.2, 0) is 15.6 Å². The maximum Gasteiger partial charge on any atom is 0.236 e. The third-order valence-electron chi connectivity index (χ3n) is 1.98. The summed E-state index contributed by atoms with van der Waals surface area (Å²) in [6.07, 6.45) is 0.625. The predicted molar refractivity (Wildman–Crippen MR) is 66.6 cm³/mol. The van der Waals surface area contributed by atoms with E-state index in [1.807, 2.05) is 0 Å². The van der Waals surface area contributed by atoms with Crippen molar-refractivity contribution in [3.8, 4) is 0 Å². The normalized spacial score (nSPS) is 12.1. The quantitative estimate of drug-likeness (QED) is 0.795. The lowest BCUT2D eigenvalue weighted by atomic mass is 10.3. The summed E-state index contributed by atoms with van der Waals surface area (Å²) in [5.41, 5.74) is 5.64. The molecule has 0 spiro atoms. The number of anilines is 1. The van der Waals surface area contributed by atoms with E-state index in [0.29, 0.717) is 24.4 Å². The molecule has 1 aromatic rings. The summed E-state index contributed by atoms with van der Waals surface area (Å²) in [4.78, 5) is 11.4. The maximum atomic E-state index is 12.8. The molecular formula is C11H15FN2O2S. The van der Waals surface area contributed by atoms with Gasteiger partial charge in [-0.25, -0.2) is 4.39 Å².